The molecule has 23 heavy (non-hydrogen) atoms. The summed E-state index contributed by atoms with van der Waals surface area (Å²) in [6, 6.07) is 13.2. The van der Waals surface area contributed by atoms with Gasteiger partial charge in [-0.3, -0.25) is 14.4 Å². The number of imide groups is 1. The summed E-state index contributed by atoms with van der Waals surface area (Å²) in [5, 5.41) is 2.79. The zero-order valence-corrected chi connectivity index (χ0v) is 12.9. The lowest BCUT2D eigenvalue weighted by molar-refractivity contribution is 0.0926. The summed E-state index contributed by atoms with van der Waals surface area (Å²) in [6.07, 6.45) is 0. The van der Waals surface area contributed by atoms with Gasteiger partial charge in [-0.05, 0) is 38.1 Å². The highest BCUT2D eigenvalue weighted by molar-refractivity contribution is 6.35. The molecule has 0 aliphatic carbocycles. The highest BCUT2D eigenvalue weighted by Gasteiger charge is 2.37. The third-order valence-corrected chi connectivity index (χ3v) is 3.60. The van der Waals surface area contributed by atoms with Crippen LogP contribution < -0.4 is 10.2 Å². The van der Waals surface area contributed by atoms with Crippen LogP contribution in [-0.2, 0) is 0 Å². The van der Waals surface area contributed by atoms with E-state index in [-0.39, 0.29) is 11.9 Å². The number of benzene rings is 2. The molecule has 5 heteroatoms. The molecule has 0 aromatic heterocycles. The van der Waals surface area contributed by atoms with E-state index in [9.17, 15) is 14.4 Å². The van der Waals surface area contributed by atoms with E-state index >= 15 is 0 Å². The van der Waals surface area contributed by atoms with E-state index in [1.807, 2.05) is 13.8 Å². The van der Waals surface area contributed by atoms with Crippen LogP contribution in [-0.4, -0.2) is 23.8 Å². The molecule has 1 heterocycles. The van der Waals surface area contributed by atoms with Crippen LogP contribution in [0.3, 0.4) is 0 Å². The molecular weight excluding hydrogens is 292 g/mol. The van der Waals surface area contributed by atoms with Gasteiger partial charge in [0.25, 0.3) is 17.7 Å². The van der Waals surface area contributed by atoms with Crippen molar-refractivity contribution in [3.05, 3.63) is 65.2 Å². The topological polar surface area (TPSA) is 66.5 Å². The van der Waals surface area contributed by atoms with E-state index in [2.05, 4.69) is 5.32 Å². The normalized spacial score (nSPS) is 13.4. The number of hydrogen-bond acceptors (Lipinski definition) is 3. The highest BCUT2D eigenvalue weighted by atomic mass is 16.2. The summed E-state index contributed by atoms with van der Waals surface area (Å²) in [5.41, 5.74) is 1.32. The molecule has 0 radical (unpaired) electrons. The molecule has 2 aromatic carbocycles. The summed E-state index contributed by atoms with van der Waals surface area (Å²) >= 11 is 0. The third-order valence-electron chi connectivity index (χ3n) is 3.60. The summed E-state index contributed by atoms with van der Waals surface area (Å²) in [5.74, 6) is -1.13. The Kier molecular flexibility index (Phi) is 3.70. The number of rotatable bonds is 3. The number of nitrogens with zero attached hydrogens (tertiary/aromatic N) is 1. The minimum atomic E-state index is -0.407. The number of carbonyl (C=O) groups excluding carboxylic acids is 3. The molecule has 0 bridgehead atoms. The van der Waals surface area contributed by atoms with Gasteiger partial charge >= 0.3 is 0 Å². The fourth-order valence-corrected chi connectivity index (χ4v) is 2.61. The summed E-state index contributed by atoms with van der Waals surface area (Å²) in [4.78, 5) is 38.6. The summed E-state index contributed by atoms with van der Waals surface area (Å²) in [6.45, 7) is 3.70. The Labute approximate surface area is 133 Å². The average Bonchev–Trinajstić information content (AvgIpc) is 2.79. The zero-order chi connectivity index (χ0) is 16.6. The van der Waals surface area contributed by atoms with Crippen LogP contribution in [0.4, 0.5) is 5.69 Å². The standard InChI is InChI=1S/C18H16N2O3/c1-11(2)19-16(21)14-9-5-6-10-15(14)20-17(22)12-7-3-4-8-13(12)18(20)23/h3-11H,1-2H3,(H,19,21). The fourth-order valence-electron chi connectivity index (χ4n) is 2.61. The minimum Gasteiger partial charge on any atom is -0.350 e. The van der Waals surface area contributed by atoms with Crippen molar-refractivity contribution < 1.29 is 14.4 Å². The van der Waals surface area contributed by atoms with Gasteiger partial charge in [-0.25, -0.2) is 4.90 Å². The SMILES string of the molecule is CC(C)NC(=O)c1ccccc1N1C(=O)c2ccccc2C1=O. The zero-order valence-electron chi connectivity index (χ0n) is 12.9. The molecule has 1 aliphatic heterocycles. The molecule has 0 fully saturated rings. The van der Waals surface area contributed by atoms with E-state index in [0.717, 1.165) is 4.90 Å². The smallest absolute Gasteiger partial charge is 0.266 e. The summed E-state index contributed by atoms with van der Waals surface area (Å²) < 4.78 is 0. The van der Waals surface area contributed by atoms with Gasteiger partial charge in [0, 0.05) is 6.04 Å². The van der Waals surface area contributed by atoms with Crippen LogP contribution in [0.25, 0.3) is 0 Å². The Morgan fingerprint density at radius 2 is 1.43 bits per heavy atom. The lowest BCUT2D eigenvalue weighted by Crippen LogP contribution is -2.35. The van der Waals surface area contributed by atoms with Crippen LogP contribution in [0.1, 0.15) is 44.9 Å². The fraction of sp³-hybridized carbons (Fsp3) is 0.167. The monoisotopic (exact) mass is 308 g/mol. The Bertz CT molecular complexity index is 776. The maximum atomic E-state index is 12.6. The van der Waals surface area contributed by atoms with Crippen molar-refractivity contribution in [1.29, 1.82) is 0 Å². The Hall–Kier alpha value is -2.95. The largest absolute Gasteiger partial charge is 0.350 e. The van der Waals surface area contributed by atoms with Crippen LogP contribution in [0.5, 0.6) is 0 Å². The molecular formula is C18H16N2O3. The van der Waals surface area contributed by atoms with E-state index in [4.69, 9.17) is 0 Å². The molecule has 0 saturated heterocycles. The first-order chi connectivity index (χ1) is 11.0. The predicted octanol–water partition coefficient (Wildman–Crippen LogP) is 2.63. The number of amides is 3. The maximum Gasteiger partial charge on any atom is 0.266 e. The van der Waals surface area contributed by atoms with Crippen LogP contribution in [0.15, 0.2) is 48.5 Å². The first-order valence-electron chi connectivity index (χ1n) is 7.38. The van der Waals surface area contributed by atoms with Crippen molar-refractivity contribution in [2.75, 3.05) is 4.90 Å². The molecule has 0 atom stereocenters. The molecule has 0 saturated carbocycles. The predicted molar refractivity (Wildman–Crippen MR) is 86.6 cm³/mol. The van der Waals surface area contributed by atoms with Crippen molar-refractivity contribution in [2.45, 2.75) is 19.9 Å². The Morgan fingerprint density at radius 1 is 0.913 bits per heavy atom. The lowest BCUT2D eigenvalue weighted by Gasteiger charge is -2.18. The van der Waals surface area contributed by atoms with Gasteiger partial charge in [-0.2, -0.15) is 0 Å². The number of carbonyl (C=O) groups is 3. The van der Waals surface area contributed by atoms with Crippen molar-refractivity contribution in [3.63, 3.8) is 0 Å². The van der Waals surface area contributed by atoms with Gasteiger partial charge in [0.05, 0.1) is 22.4 Å². The quantitative estimate of drug-likeness (QED) is 0.886. The number of para-hydroxylation sites is 1. The second-order valence-electron chi connectivity index (χ2n) is 5.64. The Morgan fingerprint density at radius 3 is 2.00 bits per heavy atom. The summed E-state index contributed by atoms with van der Waals surface area (Å²) in [7, 11) is 0. The van der Waals surface area contributed by atoms with Gasteiger partial charge < -0.3 is 5.32 Å². The second-order valence-corrected chi connectivity index (χ2v) is 5.64. The van der Waals surface area contributed by atoms with Crippen LogP contribution in [0, 0.1) is 0 Å². The minimum absolute atomic E-state index is 0.0438. The van der Waals surface area contributed by atoms with Crippen molar-refractivity contribution >= 4 is 23.4 Å². The van der Waals surface area contributed by atoms with Gasteiger partial charge in [-0.15, -0.1) is 0 Å². The molecule has 0 unspecified atom stereocenters. The van der Waals surface area contributed by atoms with E-state index in [0.29, 0.717) is 22.4 Å². The molecule has 0 spiro atoms. The van der Waals surface area contributed by atoms with E-state index in [1.54, 1.807) is 48.5 Å². The Balaban J connectivity index is 2.06. The first-order valence-corrected chi connectivity index (χ1v) is 7.38. The maximum absolute atomic E-state index is 12.6. The first kappa shape index (κ1) is 15.0. The van der Waals surface area contributed by atoms with Crippen molar-refractivity contribution in [3.8, 4) is 0 Å². The van der Waals surface area contributed by atoms with E-state index < -0.39 is 11.8 Å². The van der Waals surface area contributed by atoms with Gasteiger partial charge in [-0.1, -0.05) is 24.3 Å². The second kappa shape index (κ2) is 5.68. The van der Waals surface area contributed by atoms with Crippen molar-refractivity contribution in [2.24, 2.45) is 0 Å². The molecule has 116 valence electrons. The molecule has 1 N–H and O–H groups in total. The average molecular weight is 308 g/mol. The van der Waals surface area contributed by atoms with Gasteiger partial charge in [0.15, 0.2) is 0 Å². The number of anilines is 1. The molecule has 3 rings (SSSR count). The number of nitrogens with one attached hydrogen (secondary N) is 1. The highest BCUT2D eigenvalue weighted by Crippen LogP contribution is 2.30. The number of hydrogen-bond donors (Lipinski definition) is 1. The van der Waals surface area contributed by atoms with Crippen molar-refractivity contribution in [1.82, 2.24) is 5.32 Å². The molecule has 1 aliphatic rings. The molecule has 3 amide bonds. The molecule has 5 nitrogen and oxygen atoms in total. The van der Waals surface area contributed by atoms with E-state index in [1.165, 1.54) is 0 Å². The van der Waals surface area contributed by atoms with Gasteiger partial charge in [0.2, 0.25) is 0 Å². The molecule has 2 aromatic rings. The van der Waals surface area contributed by atoms with Gasteiger partial charge in [0.1, 0.15) is 0 Å². The van der Waals surface area contributed by atoms with Crippen LogP contribution in [0.2, 0.25) is 0 Å². The third kappa shape index (κ3) is 2.50. The van der Waals surface area contributed by atoms with Crippen LogP contribution >= 0.6 is 0 Å². The number of fused-ring (bicyclic) bond motifs is 1. The lowest BCUT2D eigenvalue weighted by atomic mass is 10.1.